The predicted molar refractivity (Wildman–Crippen MR) is 68.5 cm³/mol. The Bertz CT molecular complexity index is 568. The van der Waals surface area contributed by atoms with Crippen LogP contribution in [-0.4, -0.2) is 16.6 Å². The minimum absolute atomic E-state index is 0.525. The molecule has 5 heteroatoms. The van der Waals surface area contributed by atoms with Gasteiger partial charge in [0.05, 0.1) is 23.8 Å². The van der Waals surface area contributed by atoms with E-state index < -0.39 is 0 Å². The van der Waals surface area contributed by atoms with E-state index in [1.54, 1.807) is 11.3 Å². The Kier molecular flexibility index (Phi) is 2.86. The molecule has 0 atom stereocenters. The minimum atomic E-state index is 0.525. The number of thiophene rings is 1. The van der Waals surface area contributed by atoms with Crippen LogP contribution in [0, 0.1) is 6.92 Å². The molecule has 3 heterocycles. The number of hydrogen-bond acceptors (Lipinski definition) is 4. The molecular formula is C12H11ClN2OS. The normalized spacial score (nSPS) is 14.7. The first-order chi connectivity index (χ1) is 8.25. The first-order valence-electron chi connectivity index (χ1n) is 5.43. The minimum Gasteiger partial charge on any atom is -0.376 e. The third-order valence-electron chi connectivity index (χ3n) is 2.84. The van der Waals surface area contributed by atoms with Crippen LogP contribution in [0.15, 0.2) is 11.4 Å². The van der Waals surface area contributed by atoms with E-state index in [1.165, 1.54) is 5.56 Å². The highest BCUT2D eigenvalue weighted by Gasteiger charge is 2.18. The van der Waals surface area contributed by atoms with Crippen molar-refractivity contribution in [2.75, 3.05) is 6.61 Å². The summed E-state index contributed by atoms with van der Waals surface area (Å²) in [4.78, 5) is 10.1. The highest BCUT2D eigenvalue weighted by atomic mass is 35.5. The molecule has 0 spiro atoms. The summed E-state index contributed by atoms with van der Waals surface area (Å²) in [6, 6.07) is 2.07. The van der Waals surface area contributed by atoms with E-state index in [-0.39, 0.29) is 0 Å². The Balaban J connectivity index is 2.14. The van der Waals surface area contributed by atoms with E-state index >= 15 is 0 Å². The number of ether oxygens (including phenoxy) is 1. The van der Waals surface area contributed by atoms with Gasteiger partial charge in [0.1, 0.15) is 5.15 Å². The molecule has 0 saturated heterocycles. The van der Waals surface area contributed by atoms with Gasteiger partial charge in [-0.25, -0.2) is 9.97 Å². The van der Waals surface area contributed by atoms with Gasteiger partial charge in [-0.3, -0.25) is 0 Å². The molecule has 0 N–H and O–H groups in total. The summed E-state index contributed by atoms with van der Waals surface area (Å²) in [6.45, 7) is 3.30. The number of halogens is 1. The monoisotopic (exact) mass is 266 g/mol. The Morgan fingerprint density at radius 3 is 3.06 bits per heavy atom. The van der Waals surface area contributed by atoms with E-state index in [0.29, 0.717) is 18.4 Å². The third-order valence-corrected chi connectivity index (χ3v) is 4.16. The number of aryl methyl sites for hydroxylation is 1. The molecule has 3 nitrogen and oxygen atoms in total. The smallest absolute Gasteiger partial charge is 0.171 e. The predicted octanol–water partition coefficient (Wildman–Crippen LogP) is 3.24. The molecular weight excluding hydrogens is 256 g/mol. The van der Waals surface area contributed by atoms with Crippen LogP contribution in [-0.2, 0) is 17.8 Å². The van der Waals surface area contributed by atoms with E-state index in [0.717, 1.165) is 28.4 Å². The lowest BCUT2D eigenvalue weighted by Crippen LogP contribution is -2.14. The molecule has 88 valence electrons. The zero-order valence-electron chi connectivity index (χ0n) is 9.36. The average molecular weight is 267 g/mol. The standard InChI is InChI=1S/C12H11ClN2OS/c1-7-3-5-17-10(7)12-14-9-2-4-16-6-8(9)11(13)15-12/h3,5H,2,4,6H2,1H3. The summed E-state index contributed by atoms with van der Waals surface area (Å²) in [7, 11) is 0. The Labute approximate surface area is 108 Å². The Morgan fingerprint density at radius 1 is 1.41 bits per heavy atom. The third kappa shape index (κ3) is 1.97. The lowest BCUT2D eigenvalue weighted by Gasteiger charge is -2.16. The summed E-state index contributed by atoms with van der Waals surface area (Å²) < 4.78 is 5.37. The number of hydrogen-bond donors (Lipinski definition) is 0. The SMILES string of the molecule is Cc1ccsc1-c1nc(Cl)c2c(n1)CCOC2. The van der Waals surface area contributed by atoms with Gasteiger partial charge in [0.15, 0.2) is 5.82 Å². The first-order valence-corrected chi connectivity index (χ1v) is 6.69. The number of rotatable bonds is 1. The maximum absolute atomic E-state index is 6.19. The fourth-order valence-corrected chi connectivity index (χ4v) is 3.00. The van der Waals surface area contributed by atoms with Gasteiger partial charge >= 0.3 is 0 Å². The van der Waals surface area contributed by atoms with Gasteiger partial charge in [-0.2, -0.15) is 0 Å². The molecule has 0 radical (unpaired) electrons. The van der Waals surface area contributed by atoms with Gasteiger partial charge in [0, 0.05) is 12.0 Å². The second-order valence-corrected chi connectivity index (χ2v) is 5.27. The quantitative estimate of drug-likeness (QED) is 0.744. The maximum Gasteiger partial charge on any atom is 0.171 e. The van der Waals surface area contributed by atoms with Gasteiger partial charge in [0.2, 0.25) is 0 Å². The van der Waals surface area contributed by atoms with Crippen molar-refractivity contribution < 1.29 is 4.74 Å². The van der Waals surface area contributed by atoms with Gasteiger partial charge in [-0.05, 0) is 23.9 Å². The molecule has 0 amide bonds. The maximum atomic E-state index is 6.19. The Hall–Kier alpha value is -0.970. The summed E-state index contributed by atoms with van der Waals surface area (Å²) in [6.07, 6.45) is 0.814. The van der Waals surface area contributed by atoms with Crippen LogP contribution in [0.25, 0.3) is 10.7 Å². The number of fused-ring (bicyclic) bond motifs is 1. The summed E-state index contributed by atoms with van der Waals surface area (Å²) in [5.41, 5.74) is 3.16. The summed E-state index contributed by atoms with van der Waals surface area (Å²) in [5.74, 6) is 0.739. The fraction of sp³-hybridized carbons (Fsp3) is 0.333. The van der Waals surface area contributed by atoms with Crippen LogP contribution in [0.5, 0.6) is 0 Å². The zero-order chi connectivity index (χ0) is 11.8. The average Bonchev–Trinajstić information content (AvgIpc) is 2.75. The molecule has 0 saturated carbocycles. The summed E-state index contributed by atoms with van der Waals surface area (Å²) >= 11 is 7.84. The molecule has 2 aromatic rings. The molecule has 0 fully saturated rings. The van der Waals surface area contributed by atoms with Crippen molar-refractivity contribution in [1.29, 1.82) is 0 Å². The fourth-order valence-electron chi connectivity index (χ4n) is 1.90. The van der Waals surface area contributed by atoms with Crippen molar-refractivity contribution in [2.45, 2.75) is 20.0 Å². The second kappa shape index (κ2) is 4.37. The van der Waals surface area contributed by atoms with Crippen molar-refractivity contribution in [3.05, 3.63) is 33.4 Å². The van der Waals surface area contributed by atoms with E-state index in [9.17, 15) is 0 Å². The molecule has 3 rings (SSSR count). The number of nitrogens with zero attached hydrogens (tertiary/aromatic N) is 2. The Morgan fingerprint density at radius 2 is 2.29 bits per heavy atom. The van der Waals surface area contributed by atoms with E-state index in [2.05, 4.69) is 23.0 Å². The van der Waals surface area contributed by atoms with Crippen molar-refractivity contribution in [3.63, 3.8) is 0 Å². The van der Waals surface area contributed by atoms with Crippen LogP contribution >= 0.6 is 22.9 Å². The number of aromatic nitrogens is 2. The highest BCUT2D eigenvalue weighted by molar-refractivity contribution is 7.13. The second-order valence-electron chi connectivity index (χ2n) is 4.00. The molecule has 0 aromatic carbocycles. The van der Waals surface area contributed by atoms with Crippen LogP contribution in [0.2, 0.25) is 5.15 Å². The van der Waals surface area contributed by atoms with Gasteiger partial charge in [0.25, 0.3) is 0 Å². The van der Waals surface area contributed by atoms with E-state index in [1.807, 2.05) is 5.38 Å². The topological polar surface area (TPSA) is 35.0 Å². The van der Waals surface area contributed by atoms with Crippen molar-refractivity contribution in [1.82, 2.24) is 9.97 Å². The van der Waals surface area contributed by atoms with Crippen molar-refractivity contribution in [2.24, 2.45) is 0 Å². The highest BCUT2D eigenvalue weighted by Crippen LogP contribution is 2.30. The van der Waals surface area contributed by atoms with Crippen LogP contribution < -0.4 is 0 Å². The van der Waals surface area contributed by atoms with Crippen LogP contribution in [0.4, 0.5) is 0 Å². The van der Waals surface area contributed by atoms with Crippen molar-refractivity contribution in [3.8, 4) is 10.7 Å². The van der Waals surface area contributed by atoms with Gasteiger partial charge < -0.3 is 4.74 Å². The lowest BCUT2D eigenvalue weighted by atomic mass is 10.1. The molecule has 2 aromatic heterocycles. The largest absolute Gasteiger partial charge is 0.376 e. The van der Waals surface area contributed by atoms with Crippen molar-refractivity contribution >= 4 is 22.9 Å². The molecule has 0 bridgehead atoms. The van der Waals surface area contributed by atoms with Gasteiger partial charge in [-0.1, -0.05) is 11.6 Å². The van der Waals surface area contributed by atoms with E-state index in [4.69, 9.17) is 16.3 Å². The first kappa shape index (κ1) is 11.1. The molecule has 0 aliphatic carbocycles. The van der Waals surface area contributed by atoms with Crippen LogP contribution in [0.3, 0.4) is 0 Å². The van der Waals surface area contributed by atoms with Crippen LogP contribution in [0.1, 0.15) is 16.8 Å². The molecule has 17 heavy (non-hydrogen) atoms. The summed E-state index contributed by atoms with van der Waals surface area (Å²) in [5, 5.41) is 2.57. The lowest BCUT2D eigenvalue weighted by molar-refractivity contribution is 0.109. The molecule has 1 aliphatic rings. The van der Waals surface area contributed by atoms with Gasteiger partial charge in [-0.15, -0.1) is 11.3 Å². The zero-order valence-corrected chi connectivity index (χ0v) is 10.9. The molecule has 1 aliphatic heterocycles. The molecule has 0 unspecified atom stereocenters.